The summed E-state index contributed by atoms with van der Waals surface area (Å²) in [4.78, 5) is 55.9. The van der Waals surface area contributed by atoms with E-state index in [0.717, 1.165) is 22.9 Å². The number of ketones is 1. The number of carboxylic acid groups (broad SMARTS) is 1. The number of benzene rings is 1. The molecule has 0 aliphatic carbocycles. The van der Waals surface area contributed by atoms with Crippen LogP contribution in [0.4, 0.5) is 23.4 Å². The van der Waals surface area contributed by atoms with Gasteiger partial charge in [-0.15, -0.1) is 11.3 Å². The van der Waals surface area contributed by atoms with Crippen molar-refractivity contribution >= 4 is 63.9 Å². The van der Waals surface area contributed by atoms with Crippen LogP contribution in [-0.2, 0) is 27.1 Å². The molecule has 3 heterocycles. The number of alkyl halides is 3. The number of halogens is 6. The maximum absolute atomic E-state index is 14.3. The molecule has 2 aromatic heterocycles. The number of aryl methyl sites for hydroxylation is 1. The van der Waals surface area contributed by atoms with E-state index in [2.05, 4.69) is 15.4 Å². The Kier molecular flexibility index (Phi) is 9.23. The normalized spacial score (nSPS) is 15.0. The molecule has 1 aliphatic rings. The van der Waals surface area contributed by atoms with Crippen molar-refractivity contribution in [1.82, 2.24) is 19.7 Å². The smallest absolute Gasteiger partial charge is 0.435 e. The Morgan fingerprint density at radius 2 is 1.86 bits per heavy atom. The number of carbonyl (C=O) groups excluding carboxylic acids is 3. The van der Waals surface area contributed by atoms with Gasteiger partial charge in [0.25, 0.3) is 0 Å². The number of rotatable bonds is 8. The van der Waals surface area contributed by atoms with E-state index in [9.17, 15) is 41.8 Å². The van der Waals surface area contributed by atoms with E-state index in [0.29, 0.717) is 30.9 Å². The van der Waals surface area contributed by atoms with E-state index in [1.54, 1.807) is 0 Å². The Morgan fingerprint density at radius 3 is 2.45 bits per heavy atom. The van der Waals surface area contributed by atoms with Crippen LogP contribution in [0.5, 0.6) is 0 Å². The van der Waals surface area contributed by atoms with Crippen LogP contribution in [-0.4, -0.2) is 61.4 Å². The first kappa shape index (κ1) is 31.4. The summed E-state index contributed by atoms with van der Waals surface area (Å²) in [5.41, 5.74) is -1.69. The zero-order valence-corrected chi connectivity index (χ0v) is 23.9. The molecule has 1 fully saturated rings. The molecular formula is C25H21Cl2F4N5O5S. The first-order chi connectivity index (χ1) is 19.7. The van der Waals surface area contributed by atoms with Crippen molar-refractivity contribution in [2.75, 3.05) is 18.4 Å². The third-order valence-electron chi connectivity index (χ3n) is 6.59. The number of piperidine rings is 1. The number of amides is 2. The minimum Gasteiger partial charge on any atom is -0.480 e. The van der Waals surface area contributed by atoms with Crippen LogP contribution in [0.1, 0.15) is 45.5 Å². The summed E-state index contributed by atoms with van der Waals surface area (Å²) in [6.07, 6.45) is -3.67. The Morgan fingerprint density at radius 1 is 1.19 bits per heavy atom. The van der Waals surface area contributed by atoms with Crippen molar-refractivity contribution in [1.29, 1.82) is 0 Å². The van der Waals surface area contributed by atoms with Crippen LogP contribution >= 0.6 is 34.5 Å². The van der Waals surface area contributed by atoms with Gasteiger partial charge in [0, 0.05) is 30.1 Å². The zero-order chi connectivity index (χ0) is 30.9. The van der Waals surface area contributed by atoms with E-state index in [-0.39, 0.29) is 34.9 Å². The maximum atomic E-state index is 14.3. The topological polar surface area (TPSA) is 134 Å². The fourth-order valence-corrected chi connectivity index (χ4v) is 5.71. The molecule has 10 nitrogen and oxygen atoms in total. The van der Waals surface area contributed by atoms with Gasteiger partial charge in [-0.25, -0.2) is 9.37 Å². The molecule has 1 aliphatic heterocycles. The zero-order valence-electron chi connectivity index (χ0n) is 21.5. The third-order valence-corrected chi connectivity index (χ3v) is 8.40. The predicted molar refractivity (Wildman–Crippen MR) is 143 cm³/mol. The van der Waals surface area contributed by atoms with Crippen LogP contribution in [0.2, 0.25) is 10.0 Å². The van der Waals surface area contributed by atoms with E-state index in [1.165, 1.54) is 28.5 Å². The van der Waals surface area contributed by atoms with Crippen LogP contribution in [0, 0.1) is 18.7 Å². The molecule has 0 spiro atoms. The highest BCUT2D eigenvalue weighted by atomic mass is 35.5. The average molecular weight is 650 g/mol. The van der Waals surface area contributed by atoms with E-state index < -0.39 is 51.9 Å². The van der Waals surface area contributed by atoms with Crippen molar-refractivity contribution in [3.63, 3.8) is 0 Å². The Balaban J connectivity index is 1.37. The number of Topliss-reactive ketones (excluding diaryl/α,β-unsaturated/α-hetero) is 1. The Bertz CT molecular complexity index is 1550. The monoisotopic (exact) mass is 649 g/mol. The quantitative estimate of drug-likeness (QED) is 0.151. The predicted octanol–water partition coefficient (Wildman–Crippen LogP) is 5.04. The first-order valence-electron chi connectivity index (χ1n) is 12.2. The highest BCUT2D eigenvalue weighted by molar-refractivity contribution is 7.10. The van der Waals surface area contributed by atoms with Gasteiger partial charge in [-0.1, -0.05) is 23.2 Å². The molecule has 4 rings (SSSR count). The molecule has 0 bridgehead atoms. The maximum Gasteiger partial charge on any atom is 0.435 e. The van der Waals surface area contributed by atoms with Crippen molar-refractivity contribution in [3.05, 3.63) is 61.4 Å². The number of likely N-dealkylation sites (tertiary alicyclic amines) is 1. The van der Waals surface area contributed by atoms with Crippen molar-refractivity contribution in [2.45, 2.75) is 38.4 Å². The summed E-state index contributed by atoms with van der Waals surface area (Å²) in [6.45, 7) is 1.70. The summed E-state index contributed by atoms with van der Waals surface area (Å²) >= 11 is 12.9. The number of nitrogens with zero attached hydrogens (tertiary/aromatic N) is 4. The minimum absolute atomic E-state index is 0.0233. The highest BCUT2D eigenvalue weighted by Gasteiger charge is 2.38. The lowest BCUT2D eigenvalue weighted by molar-refractivity contribution is -0.143. The minimum atomic E-state index is -4.62. The van der Waals surface area contributed by atoms with Gasteiger partial charge in [0.05, 0.1) is 20.6 Å². The first-order valence-corrected chi connectivity index (χ1v) is 13.9. The van der Waals surface area contributed by atoms with Gasteiger partial charge < -0.3 is 15.3 Å². The van der Waals surface area contributed by atoms with E-state index >= 15 is 0 Å². The molecule has 3 aromatic rings. The van der Waals surface area contributed by atoms with Gasteiger partial charge in [0.15, 0.2) is 17.4 Å². The molecule has 1 atom stereocenters. The number of anilines is 1. The summed E-state index contributed by atoms with van der Waals surface area (Å²) in [5.74, 6) is -8.49. The molecule has 42 heavy (non-hydrogen) atoms. The summed E-state index contributed by atoms with van der Waals surface area (Å²) < 4.78 is 54.0. The fraction of sp³-hybridized carbons (Fsp3) is 0.360. The number of nitrogens with one attached hydrogen (secondary N) is 1. The van der Waals surface area contributed by atoms with Crippen molar-refractivity contribution < 1.29 is 41.8 Å². The summed E-state index contributed by atoms with van der Waals surface area (Å²) in [6, 6.07) is 2.78. The van der Waals surface area contributed by atoms with E-state index in [1.807, 2.05) is 0 Å². The van der Waals surface area contributed by atoms with Gasteiger partial charge in [-0.3, -0.25) is 23.9 Å². The lowest BCUT2D eigenvalue weighted by atomic mass is 9.96. The number of aliphatic carboxylic acids is 1. The lowest BCUT2D eigenvalue weighted by Gasteiger charge is -2.31. The van der Waals surface area contributed by atoms with Crippen molar-refractivity contribution in [3.8, 4) is 0 Å². The summed E-state index contributed by atoms with van der Waals surface area (Å²) in [5, 5.41) is 16.6. The lowest BCUT2D eigenvalue weighted by Crippen LogP contribution is -2.40. The number of aromatic nitrogens is 3. The molecule has 1 aromatic carbocycles. The highest BCUT2D eigenvalue weighted by Crippen LogP contribution is 2.33. The van der Waals surface area contributed by atoms with Gasteiger partial charge in [-0.05, 0) is 38.0 Å². The fourth-order valence-electron chi connectivity index (χ4n) is 4.38. The number of carboxylic acids is 1. The van der Waals surface area contributed by atoms with Gasteiger partial charge in [0.1, 0.15) is 18.2 Å². The molecule has 17 heteroatoms. The second-order valence-corrected chi connectivity index (χ2v) is 11.1. The second-order valence-electron chi connectivity index (χ2n) is 9.40. The molecule has 1 saturated heterocycles. The standard InChI is InChI=1S/C25H21Cl2F4N5O5S/c1-11-8-15(25(29,30)31)34-36(11)9-17(37)35-6-4-12(5-7-35)23-33-16(10-42-23)32-22(39)19(24(40)41)21(38)18-14(28)3-2-13(26)20(18)27/h2-3,8,10,12,19H,4-7,9H2,1H3,(H,32,39)(H,40,41). The SMILES string of the molecule is Cc1cc(C(F)(F)F)nn1CC(=O)N1CCC(c2nc(NC(=O)C(C(=O)O)C(=O)c3c(F)ccc(Cl)c3Cl)cs2)CC1. The molecule has 1 unspecified atom stereocenters. The number of hydrogen-bond acceptors (Lipinski definition) is 7. The molecule has 2 amide bonds. The van der Waals surface area contributed by atoms with Crippen LogP contribution in [0.3, 0.4) is 0 Å². The van der Waals surface area contributed by atoms with Crippen LogP contribution in [0.25, 0.3) is 0 Å². The Labute approximate surface area is 249 Å². The average Bonchev–Trinajstić information content (AvgIpc) is 3.53. The van der Waals surface area contributed by atoms with Crippen LogP contribution < -0.4 is 5.32 Å². The Hall–Kier alpha value is -3.56. The second kappa shape index (κ2) is 12.4. The van der Waals surface area contributed by atoms with Crippen molar-refractivity contribution in [2.24, 2.45) is 5.92 Å². The molecule has 224 valence electrons. The number of carbonyl (C=O) groups is 4. The molecule has 2 N–H and O–H groups in total. The molecule has 0 radical (unpaired) electrons. The molecule has 0 saturated carbocycles. The van der Waals surface area contributed by atoms with E-state index in [4.69, 9.17) is 23.2 Å². The third kappa shape index (κ3) is 6.73. The largest absolute Gasteiger partial charge is 0.480 e. The van der Waals surface area contributed by atoms with Crippen LogP contribution in [0.15, 0.2) is 23.6 Å². The van der Waals surface area contributed by atoms with Gasteiger partial charge >= 0.3 is 12.1 Å². The number of thiazole rings is 1. The number of hydrogen-bond donors (Lipinski definition) is 2. The van der Waals surface area contributed by atoms with Gasteiger partial charge in [0.2, 0.25) is 11.8 Å². The van der Waals surface area contributed by atoms with Gasteiger partial charge in [-0.2, -0.15) is 18.3 Å². The molecular weight excluding hydrogens is 629 g/mol. The summed E-state index contributed by atoms with van der Waals surface area (Å²) in [7, 11) is 0.